The fourth-order valence-corrected chi connectivity index (χ4v) is 1.96. The molecule has 0 aliphatic heterocycles. The Morgan fingerprint density at radius 1 is 1.18 bits per heavy atom. The summed E-state index contributed by atoms with van der Waals surface area (Å²) in [5, 5.41) is 9.69. The first kappa shape index (κ1) is 16.0. The second-order valence-electron chi connectivity index (χ2n) is 4.84. The van der Waals surface area contributed by atoms with Crippen LogP contribution in [0.1, 0.15) is 34.1 Å². The summed E-state index contributed by atoms with van der Waals surface area (Å²) in [4.78, 5) is 11.1. The summed E-state index contributed by atoms with van der Waals surface area (Å²) in [6.07, 6.45) is -5.35. The zero-order valence-corrected chi connectivity index (χ0v) is 10.5. The summed E-state index contributed by atoms with van der Waals surface area (Å²) in [5.41, 5.74) is 0. The van der Waals surface area contributed by atoms with E-state index in [9.17, 15) is 23.1 Å². The molecule has 0 amide bonds. The van der Waals surface area contributed by atoms with E-state index in [1.165, 1.54) is 0 Å². The molecule has 2 nitrogen and oxygen atoms in total. The topological polar surface area (TPSA) is 37.3 Å². The second-order valence-corrected chi connectivity index (χ2v) is 4.84. The van der Waals surface area contributed by atoms with E-state index >= 15 is 0 Å². The van der Waals surface area contributed by atoms with Gasteiger partial charge in [0.25, 0.3) is 0 Å². The van der Waals surface area contributed by atoms with Crippen molar-refractivity contribution in [2.75, 3.05) is 0 Å². The lowest BCUT2D eigenvalue weighted by atomic mass is 9.83. The van der Waals surface area contributed by atoms with Gasteiger partial charge in [0.05, 0.1) is 5.76 Å². The molecule has 0 atom stereocenters. The Kier molecular flexibility index (Phi) is 5.72. The maximum absolute atomic E-state index is 11.9. The largest absolute Gasteiger partial charge is 0.512 e. The van der Waals surface area contributed by atoms with E-state index in [1.54, 1.807) is 0 Å². The highest BCUT2D eigenvalue weighted by Crippen LogP contribution is 2.27. The molecule has 0 saturated heterocycles. The number of hydrogen-bond donors (Lipinski definition) is 1. The van der Waals surface area contributed by atoms with Crippen LogP contribution in [0.4, 0.5) is 13.2 Å². The Morgan fingerprint density at radius 3 is 1.88 bits per heavy atom. The molecule has 0 unspecified atom stereocenters. The van der Waals surface area contributed by atoms with Crippen LogP contribution >= 0.6 is 0 Å². The van der Waals surface area contributed by atoms with Crippen molar-refractivity contribution in [1.29, 1.82) is 0 Å². The number of aliphatic hydroxyl groups excluding tert-OH is 1. The molecular formula is C12H19F3O2. The van der Waals surface area contributed by atoms with Crippen molar-refractivity contribution in [2.24, 2.45) is 17.8 Å². The third-order valence-corrected chi connectivity index (χ3v) is 2.46. The number of halogens is 3. The van der Waals surface area contributed by atoms with Crippen LogP contribution in [-0.4, -0.2) is 17.1 Å². The summed E-state index contributed by atoms with van der Waals surface area (Å²) in [6.45, 7) is 7.40. The van der Waals surface area contributed by atoms with Crippen molar-refractivity contribution in [2.45, 2.75) is 40.3 Å². The van der Waals surface area contributed by atoms with Crippen LogP contribution in [0.3, 0.4) is 0 Å². The molecule has 0 radical (unpaired) electrons. The molecule has 0 rings (SSSR count). The van der Waals surface area contributed by atoms with Crippen molar-refractivity contribution >= 4 is 5.78 Å². The van der Waals surface area contributed by atoms with Crippen LogP contribution in [0.2, 0.25) is 0 Å². The van der Waals surface area contributed by atoms with Crippen molar-refractivity contribution in [1.82, 2.24) is 0 Å². The average molecular weight is 252 g/mol. The van der Waals surface area contributed by atoms with Crippen molar-refractivity contribution in [3.05, 3.63) is 11.8 Å². The number of carbonyl (C=O) groups is 1. The van der Waals surface area contributed by atoms with Gasteiger partial charge in [-0.15, -0.1) is 0 Å². The van der Waals surface area contributed by atoms with E-state index in [-0.39, 0.29) is 23.5 Å². The summed E-state index contributed by atoms with van der Waals surface area (Å²) in [5.74, 6) is -1.55. The minimum atomic E-state index is -4.53. The zero-order valence-electron chi connectivity index (χ0n) is 10.5. The summed E-state index contributed by atoms with van der Waals surface area (Å²) >= 11 is 0. The molecule has 0 fully saturated rings. The number of carbonyl (C=O) groups excluding carboxylic acids is 1. The molecule has 0 aromatic heterocycles. The predicted octanol–water partition coefficient (Wildman–Crippen LogP) is 3.88. The number of alkyl halides is 3. The number of allylic oxidation sites excluding steroid dienone is 2. The number of rotatable bonds is 5. The molecule has 1 N–H and O–H groups in total. The number of ketones is 1. The Morgan fingerprint density at radius 2 is 1.59 bits per heavy atom. The molecule has 0 heterocycles. The molecule has 0 spiro atoms. The first-order chi connectivity index (χ1) is 7.54. The first-order valence-corrected chi connectivity index (χ1v) is 5.54. The van der Waals surface area contributed by atoms with Gasteiger partial charge in [0.2, 0.25) is 0 Å². The fraction of sp³-hybridized carbons (Fsp3) is 0.750. The third-order valence-electron chi connectivity index (χ3n) is 2.46. The van der Waals surface area contributed by atoms with Crippen LogP contribution in [0.5, 0.6) is 0 Å². The molecule has 0 aliphatic rings. The average Bonchev–Trinajstić information content (AvgIpc) is 1.96. The van der Waals surface area contributed by atoms with Gasteiger partial charge in [-0.2, -0.15) is 13.2 Å². The van der Waals surface area contributed by atoms with Gasteiger partial charge in [0.1, 0.15) is 6.42 Å². The first-order valence-electron chi connectivity index (χ1n) is 5.54. The van der Waals surface area contributed by atoms with Crippen molar-refractivity contribution in [3.63, 3.8) is 0 Å². The maximum Gasteiger partial charge on any atom is 0.396 e. The van der Waals surface area contributed by atoms with Crippen LogP contribution in [0, 0.1) is 17.8 Å². The normalized spacial score (nSPS) is 13.9. The van der Waals surface area contributed by atoms with E-state index in [1.807, 2.05) is 27.7 Å². The van der Waals surface area contributed by atoms with Gasteiger partial charge in [0, 0.05) is 12.0 Å². The molecule has 0 saturated carbocycles. The molecule has 17 heavy (non-hydrogen) atoms. The van der Waals surface area contributed by atoms with Gasteiger partial charge in [-0.3, -0.25) is 4.79 Å². The molecule has 5 heteroatoms. The van der Waals surface area contributed by atoms with Crippen LogP contribution in [0.25, 0.3) is 0 Å². The SMILES string of the molecule is CC(C)C(/C(O)=C/C(=O)CC(F)(F)F)C(C)C. The monoisotopic (exact) mass is 252 g/mol. The van der Waals surface area contributed by atoms with Crippen molar-refractivity contribution in [3.8, 4) is 0 Å². The molecule has 100 valence electrons. The van der Waals surface area contributed by atoms with Gasteiger partial charge in [-0.25, -0.2) is 0 Å². The van der Waals surface area contributed by atoms with E-state index in [2.05, 4.69) is 0 Å². The van der Waals surface area contributed by atoms with Gasteiger partial charge in [-0.05, 0) is 11.8 Å². The summed E-state index contributed by atoms with van der Waals surface area (Å²) < 4.78 is 35.8. The summed E-state index contributed by atoms with van der Waals surface area (Å²) in [7, 11) is 0. The lowest BCUT2D eigenvalue weighted by molar-refractivity contribution is -0.149. The Labute approximate surface area is 99.5 Å². The molecule has 0 aliphatic carbocycles. The maximum atomic E-state index is 11.9. The predicted molar refractivity (Wildman–Crippen MR) is 59.6 cm³/mol. The Bertz CT molecular complexity index is 283. The molecular weight excluding hydrogens is 233 g/mol. The lowest BCUT2D eigenvalue weighted by Crippen LogP contribution is -2.20. The van der Waals surface area contributed by atoms with E-state index < -0.39 is 18.4 Å². The van der Waals surface area contributed by atoms with Crippen LogP contribution < -0.4 is 0 Å². The molecule has 0 aromatic rings. The van der Waals surface area contributed by atoms with Gasteiger partial charge < -0.3 is 5.11 Å². The van der Waals surface area contributed by atoms with Gasteiger partial charge >= 0.3 is 6.18 Å². The van der Waals surface area contributed by atoms with Crippen molar-refractivity contribution < 1.29 is 23.1 Å². The quantitative estimate of drug-likeness (QED) is 0.595. The lowest BCUT2D eigenvalue weighted by Gasteiger charge is -2.24. The molecule has 0 bridgehead atoms. The van der Waals surface area contributed by atoms with Gasteiger partial charge in [-0.1, -0.05) is 27.7 Å². The second kappa shape index (κ2) is 6.07. The van der Waals surface area contributed by atoms with Crippen LogP contribution in [0.15, 0.2) is 11.8 Å². The minimum absolute atomic E-state index is 0.0601. The van der Waals surface area contributed by atoms with E-state index in [4.69, 9.17) is 0 Å². The third kappa shape index (κ3) is 6.34. The number of aliphatic hydroxyl groups is 1. The highest BCUT2D eigenvalue weighted by Gasteiger charge is 2.31. The number of hydrogen-bond acceptors (Lipinski definition) is 2. The zero-order chi connectivity index (χ0) is 13.8. The summed E-state index contributed by atoms with van der Waals surface area (Å²) in [6, 6.07) is 0. The standard InChI is InChI=1S/C12H19F3O2/c1-7(2)11(8(3)4)10(17)5-9(16)6-12(13,14)15/h5,7-8,11,17H,6H2,1-4H3/b10-5-. The van der Waals surface area contributed by atoms with E-state index in [0.717, 1.165) is 0 Å². The van der Waals surface area contributed by atoms with Crippen LogP contribution in [-0.2, 0) is 4.79 Å². The molecule has 0 aromatic carbocycles. The Hall–Kier alpha value is -1.00. The smallest absolute Gasteiger partial charge is 0.396 e. The highest BCUT2D eigenvalue weighted by molar-refractivity contribution is 5.90. The Balaban J connectivity index is 4.77. The highest BCUT2D eigenvalue weighted by atomic mass is 19.4. The fourth-order valence-electron chi connectivity index (χ4n) is 1.96. The minimum Gasteiger partial charge on any atom is -0.512 e. The van der Waals surface area contributed by atoms with E-state index in [0.29, 0.717) is 6.08 Å². The van der Waals surface area contributed by atoms with Gasteiger partial charge in [0.15, 0.2) is 5.78 Å².